The Bertz CT molecular complexity index is 253. The molecule has 0 saturated carbocycles. The molecule has 1 aromatic heterocycles. The topological polar surface area (TPSA) is 68.4 Å². The van der Waals surface area contributed by atoms with Crippen LogP contribution in [-0.2, 0) is 0 Å². The number of ether oxygens (including phenoxy) is 1. The molecule has 1 rings (SSSR count). The quantitative estimate of drug-likeness (QED) is 0.670. The second-order valence-corrected chi connectivity index (χ2v) is 2.39. The van der Waals surface area contributed by atoms with Crippen LogP contribution in [0.3, 0.4) is 0 Å². The minimum absolute atomic E-state index is 0.111. The summed E-state index contributed by atoms with van der Waals surface area (Å²) < 4.78 is 4.90. The molecule has 1 unspecified atom stereocenters. The Kier molecular flexibility index (Phi) is 3.01. The third kappa shape index (κ3) is 1.93. The zero-order valence-electron chi connectivity index (χ0n) is 6.90. The molecule has 3 N–H and O–H groups in total. The third-order valence-electron chi connectivity index (χ3n) is 1.53. The molecule has 1 heterocycles. The maximum absolute atomic E-state index is 8.75. The van der Waals surface area contributed by atoms with Gasteiger partial charge in [-0.1, -0.05) is 6.07 Å². The van der Waals surface area contributed by atoms with Gasteiger partial charge in [0.15, 0.2) is 0 Å². The Labute approximate surface area is 71.0 Å². The summed E-state index contributed by atoms with van der Waals surface area (Å²) >= 11 is 0. The number of hydrogen-bond donors (Lipinski definition) is 2. The van der Waals surface area contributed by atoms with Gasteiger partial charge in [-0.3, -0.25) is 0 Å². The predicted octanol–water partition coefficient (Wildman–Crippen LogP) is 0.0823. The number of nitrogens with two attached hydrogens (primary N) is 1. The number of aliphatic hydroxyl groups is 1. The van der Waals surface area contributed by atoms with Crippen molar-refractivity contribution in [3.63, 3.8) is 0 Å². The van der Waals surface area contributed by atoms with Gasteiger partial charge in [-0.05, 0) is 6.07 Å². The van der Waals surface area contributed by atoms with Crippen molar-refractivity contribution in [1.29, 1.82) is 0 Å². The van der Waals surface area contributed by atoms with Crippen LogP contribution in [0.5, 0.6) is 5.88 Å². The Morgan fingerprint density at radius 2 is 2.42 bits per heavy atom. The van der Waals surface area contributed by atoms with Crippen LogP contribution in [0.1, 0.15) is 11.7 Å². The molecular weight excluding hydrogens is 156 g/mol. The average molecular weight is 168 g/mol. The highest BCUT2D eigenvalue weighted by Gasteiger charge is 2.05. The Morgan fingerprint density at radius 3 is 3.00 bits per heavy atom. The van der Waals surface area contributed by atoms with Gasteiger partial charge in [-0.2, -0.15) is 0 Å². The highest BCUT2D eigenvalue weighted by atomic mass is 16.5. The smallest absolute Gasteiger partial charge is 0.213 e. The zero-order valence-corrected chi connectivity index (χ0v) is 6.90. The lowest BCUT2D eigenvalue weighted by atomic mass is 10.2. The van der Waals surface area contributed by atoms with E-state index in [0.717, 1.165) is 0 Å². The van der Waals surface area contributed by atoms with E-state index >= 15 is 0 Å². The molecule has 0 bridgehead atoms. The molecule has 0 saturated heterocycles. The van der Waals surface area contributed by atoms with Crippen molar-refractivity contribution in [1.82, 2.24) is 4.98 Å². The van der Waals surface area contributed by atoms with Crippen LogP contribution in [0.15, 0.2) is 18.2 Å². The SMILES string of the molecule is COc1cccc(C(N)CO)n1. The molecule has 0 fully saturated rings. The fraction of sp³-hybridized carbons (Fsp3) is 0.375. The number of aliphatic hydroxyl groups excluding tert-OH is 1. The summed E-state index contributed by atoms with van der Waals surface area (Å²) in [4.78, 5) is 4.05. The highest BCUT2D eigenvalue weighted by molar-refractivity contribution is 5.17. The van der Waals surface area contributed by atoms with Gasteiger partial charge >= 0.3 is 0 Å². The zero-order chi connectivity index (χ0) is 8.97. The predicted molar refractivity (Wildman–Crippen MR) is 44.8 cm³/mol. The van der Waals surface area contributed by atoms with Crippen molar-refractivity contribution < 1.29 is 9.84 Å². The van der Waals surface area contributed by atoms with E-state index in [2.05, 4.69) is 4.98 Å². The van der Waals surface area contributed by atoms with Crippen LogP contribution in [0, 0.1) is 0 Å². The van der Waals surface area contributed by atoms with E-state index in [9.17, 15) is 0 Å². The summed E-state index contributed by atoms with van der Waals surface area (Å²) in [6.07, 6.45) is 0. The summed E-state index contributed by atoms with van der Waals surface area (Å²) in [6, 6.07) is 4.84. The van der Waals surface area contributed by atoms with Gasteiger partial charge in [0.25, 0.3) is 0 Å². The first-order valence-corrected chi connectivity index (χ1v) is 3.65. The van der Waals surface area contributed by atoms with Crippen LogP contribution in [0.4, 0.5) is 0 Å². The molecule has 1 atom stereocenters. The van der Waals surface area contributed by atoms with E-state index in [-0.39, 0.29) is 6.61 Å². The maximum atomic E-state index is 8.75. The second kappa shape index (κ2) is 4.04. The second-order valence-electron chi connectivity index (χ2n) is 2.39. The van der Waals surface area contributed by atoms with Gasteiger partial charge < -0.3 is 15.6 Å². The van der Waals surface area contributed by atoms with Crippen LogP contribution < -0.4 is 10.5 Å². The number of hydrogen-bond acceptors (Lipinski definition) is 4. The minimum atomic E-state index is -0.430. The lowest BCUT2D eigenvalue weighted by Gasteiger charge is -2.07. The third-order valence-corrected chi connectivity index (χ3v) is 1.53. The molecule has 0 aliphatic carbocycles. The van der Waals surface area contributed by atoms with E-state index in [1.807, 2.05) is 0 Å². The van der Waals surface area contributed by atoms with E-state index in [1.165, 1.54) is 7.11 Å². The fourth-order valence-corrected chi connectivity index (χ4v) is 0.845. The maximum Gasteiger partial charge on any atom is 0.213 e. The molecule has 0 amide bonds. The number of nitrogens with zero attached hydrogens (tertiary/aromatic N) is 1. The summed E-state index contributed by atoms with van der Waals surface area (Å²) in [6.45, 7) is -0.111. The van der Waals surface area contributed by atoms with E-state index in [0.29, 0.717) is 11.6 Å². The van der Waals surface area contributed by atoms with Crippen LogP contribution in [0.25, 0.3) is 0 Å². The minimum Gasteiger partial charge on any atom is -0.481 e. The fourth-order valence-electron chi connectivity index (χ4n) is 0.845. The highest BCUT2D eigenvalue weighted by Crippen LogP contribution is 2.11. The average Bonchev–Trinajstić information content (AvgIpc) is 2.17. The van der Waals surface area contributed by atoms with Gasteiger partial charge in [-0.15, -0.1) is 0 Å². The van der Waals surface area contributed by atoms with Crippen molar-refractivity contribution in [2.75, 3.05) is 13.7 Å². The molecule has 66 valence electrons. The molecule has 12 heavy (non-hydrogen) atoms. The summed E-state index contributed by atoms with van der Waals surface area (Å²) in [5.74, 6) is 0.511. The van der Waals surface area contributed by atoms with Gasteiger partial charge in [-0.25, -0.2) is 4.98 Å². The van der Waals surface area contributed by atoms with Gasteiger partial charge in [0.1, 0.15) is 0 Å². The number of pyridine rings is 1. The van der Waals surface area contributed by atoms with E-state index in [4.69, 9.17) is 15.6 Å². The standard InChI is InChI=1S/C8H12N2O2/c1-12-8-4-2-3-7(10-8)6(9)5-11/h2-4,6,11H,5,9H2,1H3. The molecule has 0 aromatic carbocycles. The number of aromatic nitrogens is 1. The van der Waals surface area contributed by atoms with E-state index < -0.39 is 6.04 Å². The molecule has 0 radical (unpaired) electrons. The van der Waals surface area contributed by atoms with Gasteiger partial charge in [0.05, 0.1) is 25.5 Å². The van der Waals surface area contributed by atoms with Gasteiger partial charge in [0, 0.05) is 6.07 Å². The first-order chi connectivity index (χ1) is 5.77. The molecule has 4 nitrogen and oxygen atoms in total. The number of rotatable bonds is 3. The van der Waals surface area contributed by atoms with Gasteiger partial charge in [0.2, 0.25) is 5.88 Å². The summed E-state index contributed by atoms with van der Waals surface area (Å²) in [7, 11) is 1.54. The normalized spacial score (nSPS) is 12.6. The van der Waals surface area contributed by atoms with Crippen molar-refractivity contribution in [3.8, 4) is 5.88 Å². The lowest BCUT2D eigenvalue weighted by Crippen LogP contribution is -2.16. The largest absolute Gasteiger partial charge is 0.481 e. The molecule has 4 heteroatoms. The molecule has 0 aliphatic heterocycles. The summed E-state index contributed by atoms with van der Waals surface area (Å²) in [5, 5.41) is 8.75. The van der Waals surface area contributed by atoms with Crippen molar-refractivity contribution in [3.05, 3.63) is 23.9 Å². The molecule has 0 aliphatic rings. The first-order valence-electron chi connectivity index (χ1n) is 3.65. The Morgan fingerprint density at radius 1 is 1.67 bits per heavy atom. The Balaban J connectivity index is 2.86. The molecule has 1 aromatic rings. The molecule has 0 spiro atoms. The van der Waals surface area contributed by atoms with Crippen molar-refractivity contribution in [2.45, 2.75) is 6.04 Å². The lowest BCUT2D eigenvalue weighted by molar-refractivity contribution is 0.265. The number of methoxy groups -OCH3 is 1. The first kappa shape index (κ1) is 8.96. The van der Waals surface area contributed by atoms with Crippen LogP contribution >= 0.6 is 0 Å². The monoisotopic (exact) mass is 168 g/mol. The molecular formula is C8H12N2O2. The van der Waals surface area contributed by atoms with Crippen LogP contribution in [-0.4, -0.2) is 23.8 Å². The van der Waals surface area contributed by atoms with Crippen molar-refractivity contribution in [2.24, 2.45) is 5.73 Å². The van der Waals surface area contributed by atoms with Crippen molar-refractivity contribution >= 4 is 0 Å². The summed E-state index contributed by atoms with van der Waals surface area (Å²) in [5.41, 5.74) is 6.19. The van der Waals surface area contributed by atoms with E-state index in [1.54, 1.807) is 18.2 Å². The Hall–Kier alpha value is -1.13. The van der Waals surface area contributed by atoms with Crippen LogP contribution in [0.2, 0.25) is 0 Å².